The van der Waals surface area contributed by atoms with Crippen LogP contribution in [0, 0.1) is 18.7 Å². The van der Waals surface area contributed by atoms with E-state index in [9.17, 15) is 27.5 Å². The molecule has 43 heavy (non-hydrogen) atoms. The summed E-state index contributed by atoms with van der Waals surface area (Å²) >= 11 is 0. The maximum Gasteiger partial charge on any atom is 0.418 e. The number of aliphatic hydroxyl groups is 1. The number of alkyl halides is 3. The second-order valence-electron chi connectivity index (χ2n) is 11.4. The van der Waals surface area contributed by atoms with Crippen molar-refractivity contribution in [2.75, 3.05) is 55.8 Å². The largest absolute Gasteiger partial charge is 0.418 e. The summed E-state index contributed by atoms with van der Waals surface area (Å²) in [5.74, 6) is -0.218. The van der Waals surface area contributed by atoms with Crippen LogP contribution in [0.5, 0.6) is 0 Å². The van der Waals surface area contributed by atoms with Gasteiger partial charge in [0.05, 0.1) is 30.2 Å². The van der Waals surface area contributed by atoms with Crippen LogP contribution in [0.25, 0.3) is 16.9 Å². The third kappa shape index (κ3) is 5.87. The standard InChI is InChI=1S/C31H34F4N4O4/c1-19-14-21(5-8-25(19)32)28-23-9-10-37(11-12-40)29(23)30(41)39(36-28)26-15-22(6-7-24(26)31(33,34)35)38-16-20(17-38)18-43-27-4-2-3-13-42-27/h5-8,14-15,20,27,40H,2-4,9-13,16-18H2,1H3. The van der Waals surface area contributed by atoms with Crippen molar-refractivity contribution in [3.63, 3.8) is 0 Å². The highest BCUT2D eigenvalue weighted by Gasteiger charge is 2.38. The lowest BCUT2D eigenvalue weighted by atomic mass is 9.99. The second-order valence-corrected chi connectivity index (χ2v) is 11.4. The summed E-state index contributed by atoms with van der Waals surface area (Å²) in [4.78, 5) is 17.5. The van der Waals surface area contributed by atoms with Gasteiger partial charge in [-0.1, -0.05) is 0 Å². The molecule has 6 rings (SSSR count). The van der Waals surface area contributed by atoms with E-state index in [1.807, 2.05) is 4.90 Å². The quantitative estimate of drug-likeness (QED) is 0.375. The minimum Gasteiger partial charge on any atom is -0.395 e. The normalized spacial score (nSPS) is 19.1. The van der Waals surface area contributed by atoms with Crippen LogP contribution < -0.4 is 15.4 Å². The van der Waals surface area contributed by atoms with E-state index in [1.165, 1.54) is 24.3 Å². The van der Waals surface area contributed by atoms with Crippen molar-refractivity contribution < 1.29 is 32.1 Å². The summed E-state index contributed by atoms with van der Waals surface area (Å²) in [6.07, 6.45) is -1.60. The van der Waals surface area contributed by atoms with E-state index >= 15 is 0 Å². The average Bonchev–Trinajstić information content (AvgIpc) is 3.38. The van der Waals surface area contributed by atoms with E-state index in [1.54, 1.807) is 17.9 Å². The van der Waals surface area contributed by atoms with Gasteiger partial charge in [0, 0.05) is 55.5 Å². The first-order chi connectivity index (χ1) is 20.6. The lowest BCUT2D eigenvalue weighted by Gasteiger charge is -2.41. The minimum absolute atomic E-state index is 0.142. The zero-order chi connectivity index (χ0) is 30.3. The Morgan fingerprint density at radius 3 is 2.65 bits per heavy atom. The Labute approximate surface area is 246 Å². The molecular weight excluding hydrogens is 568 g/mol. The summed E-state index contributed by atoms with van der Waals surface area (Å²) < 4.78 is 69.5. The van der Waals surface area contributed by atoms with Gasteiger partial charge in [-0.2, -0.15) is 23.0 Å². The molecule has 2 fully saturated rings. The van der Waals surface area contributed by atoms with Gasteiger partial charge in [0.1, 0.15) is 11.5 Å². The molecule has 1 aromatic heterocycles. The highest BCUT2D eigenvalue weighted by atomic mass is 19.4. The number of nitrogens with zero attached hydrogens (tertiary/aromatic N) is 4. The van der Waals surface area contributed by atoms with Crippen LogP contribution in [0.4, 0.5) is 28.9 Å². The minimum atomic E-state index is -4.75. The number of anilines is 2. The Morgan fingerprint density at radius 2 is 1.95 bits per heavy atom. The number of β-amino-alcohol motifs (C(OH)–C–C–N with tert-alkyl or cyclic N) is 1. The van der Waals surface area contributed by atoms with Gasteiger partial charge >= 0.3 is 6.18 Å². The van der Waals surface area contributed by atoms with Gasteiger partial charge in [0.2, 0.25) is 0 Å². The number of hydrogen-bond acceptors (Lipinski definition) is 7. The molecule has 3 aromatic rings. The van der Waals surface area contributed by atoms with Gasteiger partial charge in [-0.3, -0.25) is 4.79 Å². The van der Waals surface area contributed by atoms with Crippen molar-refractivity contribution in [1.82, 2.24) is 9.78 Å². The van der Waals surface area contributed by atoms with Crippen molar-refractivity contribution in [2.45, 2.75) is 45.1 Å². The maximum absolute atomic E-state index is 14.4. The number of fused-ring (bicyclic) bond motifs is 1. The summed E-state index contributed by atoms with van der Waals surface area (Å²) in [5, 5.41) is 14.1. The van der Waals surface area contributed by atoms with Crippen LogP contribution >= 0.6 is 0 Å². The molecule has 4 heterocycles. The van der Waals surface area contributed by atoms with Gasteiger partial charge in [-0.25, -0.2) is 4.39 Å². The lowest BCUT2D eigenvalue weighted by Crippen LogP contribution is -2.49. The molecule has 2 aromatic carbocycles. The molecule has 0 spiro atoms. The number of benzene rings is 2. The van der Waals surface area contributed by atoms with Gasteiger partial charge in [0.15, 0.2) is 6.29 Å². The average molecular weight is 603 g/mol. The Hall–Kier alpha value is -3.48. The SMILES string of the molecule is Cc1cc(-c2nn(-c3cc(N4CC(COC5CCCCO5)C4)ccc3C(F)(F)F)c(=O)c3c2CCN3CCO)ccc1F. The molecule has 1 N–H and O–H groups in total. The van der Waals surface area contributed by atoms with Crippen LogP contribution in [0.15, 0.2) is 41.2 Å². The monoisotopic (exact) mass is 602 g/mol. The fourth-order valence-electron chi connectivity index (χ4n) is 6.10. The molecule has 0 amide bonds. The van der Waals surface area contributed by atoms with E-state index in [0.717, 1.165) is 30.0 Å². The zero-order valence-electron chi connectivity index (χ0n) is 23.9. The molecule has 3 aliphatic rings. The summed E-state index contributed by atoms with van der Waals surface area (Å²) in [6, 6.07) is 8.11. The van der Waals surface area contributed by atoms with E-state index in [0.29, 0.717) is 67.3 Å². The molecule has 12 heteroatoms. The molecular formula is C31H34F4N4O4. The summed E-state index contributed by atoms with van der Waals surface area (Å²) in [5.41, 5.74) is 0.374. The predicted molar refractivity (Wildman–Crippen MR) is 153 cm³/mol. The van der Waals surface area contributed by atoms with Crippen molar-refractivity contribution in [3.8, 4) is 16.9 Å². The van der Waals surface area contributed by atoms with E-state index in [-0.39, 0.29) is 36.7 Å². The molecule has 0 aliphatic carbocycles. The van der Waals surface area contributed by atoms with Crippen LogP contribution in [0.2, 0.25) is 0 Å². The first-order valence-electron chi connectivity index (χ1n) is 14.6. The highest BCUT2D eigenvalue weighted by molar-refractivity contribution is 5.73. The Kier molecular flexibility index (Phi) is 8.18. The first kappa shape index (κ1) is 29.6. The number of halogens is 4. The summed E-state index contributed by atoms with van der Waals surface area (Å²) in [6.45, 7) is 4.27. The number of hydrogen-bond donors (Lipinski definition) is 1. The van der Waals surface area contributed by atoms with Gasteiger partial charge in [0.25, 0.3) is 5.56 Å². The van der Waals surface area contributed by atoms with Crippen LogP contribution in [0.3, 0.4) is 0 Å². The fourth-order valence-corrected chi connectivity index (χ4v) is 6.10. The maximum atomic E-state index is 14.4. The smallest absolute Gasteiger partial charge is 0.395 e. The summed E-state index contributed by atoms with van der Waals surface area (Å²) in [7, 11) is 0. The van der Waals surface area contributed by atoms with Crippen molar-refractivity contribution >= 4 is 11.4 Å². The number of aromatic nitrogens is 2. The van der Waals surface area contributed by atoms with E-state index in [2.05, 4.69) is 5.10 Å². The van der Waals surface area contributed by atoms with Crippen LogP contribution in [-0.2, 0) is 22.1 Å². The van der Waals surface area contributed by atoms with Crippen LogP contribution in [-0.4, -0.2) is 67.2 Å². The fraction of sp³-hybridized carbons (Fsp3) is 0.484. The lowest BCUT2D eigenvalue weighted by molar-refractivity contribution is -0.170. The van der Waals surface area contributed by atoms with Crippen molar-refractivity contribution in [2.24, 2.45) is 5.92 Å². The topological polar surface area (TPSA) is 80.1 Å². The zero-order valence-corrected chi connectivity index (χ0v) is 23.9. The number of aryl methyl sites for hydroxylation is 1. The van der Waals surface area contributed by atoms with Crippen molar-refractivity contribution in [1.29, 1.82) is 0 Å². The van der Waals surface area contributed by atoms with Gasteiger partial charge in [-0.15, -0.1) is 0 Å². The van der Waals surface area contributed by atoms with Gasteiger partial charge in [-0.05, 0) is 74.6 Å². The Morgan fingerprint density at radius 1 is 1.14 bits per heavy atom. The molecule has 1 unspecified atom stereocenters. The molecule has 3 aliphatic heterocycles. The van der Waals surface area contributed by atoms with Crippen LogP contribution in [0.1, 0.15) is 36.0 Å². The van der Waals surface area contributed by atoms with Gasteiger partial charge < -0.3 is 24.4 Å². The Bertz CT molecular complexity index is 1550. The third-order valence-electron chi connectivity index (χ3n) is 8.41. The molecule has 0 bridgehead atoms. The second kappa shape index (κ2) is 11.9. The molecule has 0 saturated carbocycles. The number of aliphatic hydroxyl groups excluding tert-OH is 1. The Balaban J connectivity index is 1.38. The van der Waals surface area contributed by atoms with Crippen molar-refractivity contribution in [3.05, 3.63) is 69.3 Å². The number of ether oxygens (including phenoxy) is 2. The van der Waals surface area contributed by atoms with E-state index in [4.69, 9.17) is 9.47 Å². The molecule has 2 saturated heterocycles. The molecule has 1 atom stereocenters. The predicted octanol–water partition coefficient (Wildman–Crippen LogP) is 4.70. The molecule has 0 radical (unpaired) electrons. The molecule has 230 valence electrons. The molecule has 8 nitrogen and oxygen atoms in total. The number of rotatable bonds is 8. The first-order valence-corrected chi connectivity index (χ1v) is 14.6. The third-order valence-corrected chi connectivity index (χ3v) is 8.41. The highest BCUT2D eigenvalue weighted by Crippen LogP contribution is 2.39. The van der Waals surface area contributed by atoms with E-state index < -0.39 is 23.1 Å².